The van der Waals surface area contributed by atoms with Gasteiger partial charge in [0.15, 0.2) is 5.96 Å². The summed E-state index contributed by atoms with van der Waals surface area (Å²) in [5.74, 6) is 1.32. The van der Waals surface area contributed by atoms with E-state index in [1.54, 1.807) is 7.11 Å². The van der Waals surface area contributed by atoms with Gasteiger partial charge in [0, 0.05) is 5.69 Å². The highest BCUT2D eigenvalue weighted by Crippen LogP contribution is 2.23. The molecule has 1 aliphatic carbocycles. The van der Waals surface area contributed by atoms with Crippen LogP contribution in [0.25, 0.3) is 0 Å². The predicted octanol–water partition coefficient (Wildman–Crippen LogP) is 2.20. The fourth-order valence-electron chi connectivity index (χ4n) is 1.25. The molecule has 0 aromatic heterocycles. The fraction of sp³-hybridized carbons (Fsp3) is 0.364. The molecule has 1 saturated carbocycles. The summed E-state index contributed by atoms with van der Waals surface area (Å²) in [6, 6.07) is 8.03. The highest BCUT2D eigenvalue weighted by molar-refractivity contribution is 14.0. The van der Waals surface area contributed by atoms with Gasteiger partial charge in [-0.25, -0.2) is 4.99 Å². The maximum Gasteiger partial charge on any atom is 0.193 e. The zero-order chi connectivity index (χ0) is 10.7. The van der Waals surface area contributed by atoms with Crippen molar-refractivity contribution in [1.82, 2.24) is 0 Å². The molecule has 0 amide bonds. The van der Waals surface area contributed by atoms with E-state index in [4.69, 9.17) is 10.5 Å². The quantitative estimate of drug-likeness (QED) is 0.507. The molecule has 1 aromatic carbocycles. The first-order valence-electron chi connectivity index (χ1n) is 5.02. The molecule has 1 aromatic rings. The average molecular weight is 333 g/mol. The maximum atomic E-state index is 5.72. The molecule has 0 aliphatic heterocycles. The second kappa shape index (κ2) is 5.93. The molecular weight excluding hydrogens is 317 g/mol. The molecule has 0 spiro atoms. The number of hydrogen-bond acceptors (Lipinski definition) is 2. The van der Waals surface area contributed by atoms with E-state index in [1.165, 1.54) is 0 Å². The average Bonchev–Trinajstić information content (AvgIpc) is 3.03. The SMILES string of the molecule is COc1ccc(NC(N)=NC2CC2)cc1.I. The van der Waals surface area contributed by atoms with Crippen LogP contribution < -0.4 is 15.8 Å². The number of methoxy groups -OCH3 is 1. The summed E-state index contributed by atoms with van der Waals surface area (Å²) in [5.41, 5.74) is 6.65. The van der Waals surface area contributed by atoms with E-state index in [0.717, 1.165) is 24.3 Å². The maximum absolute atomic E-state index is 5.72. The molecule has 5 heteroatoms. The molecule has 0 unspecified atom stereocenters. The number of aliphatic imine (C=N–C) groups is 1. The lowest BCUT2D eigenvalue weighted by Crippen LogP contribution is -2.22. The smallest absolute Gasteiger partial charge is 0.193 e. The van der Waals surface area contributed by atoms with Gasteiger partial charge in [0.2, 0.25) is 0 Å². The molecule has 0 atom stereocenters. The number of benzene rings is 1. The van der Waals surface area contributed by atoms with E-state index < -0.39 is 0 Å². The Morgan fingerprint density at radius 2 is 2.00 bits per heavy atom. The largest absolute Gasteiger partial charge is 0.497 e. The van der Waals surface area contributed by atoms with Gasteiger partial charge < -0.3 is 15.8 Å². The minimum absolute atomic E-state index is 0. The van der Waals surface area contributed by atoms with Crippen molar-refractivity contribution in [2.24, 2.45) is 10.7 Å². The van der Waals surface area contributed by atoms with Crippen molar-refractivity contribution in [3.8, 4) is 5.75 Å². The van der Waals surface area contributed by atoms with Crippen molar-refractivity contribution in [3.63, 3.8) is 0 Å². The zero-order valence-corrected chi connectivity index (χ0v) is 11.5. The molecule has 16 heavy (non-hydrogen) atoms. The van der Waals surface area contributed by atoms with Crippen LogP contribution in [0.2, 0.25) is 0 Å². The Labute approximate surface area is 112 Å². The molecule has 0 bridgehead atoms. The summed E-state index contributed by atoms with van der Waals surface area (Å²) in [5, 5.41) is 3.04. The topological polar surface area (TPSA) is 59.6 Å². The van der Waals surface area contributed by atoms with Crippen molar-refractivity contribution in [1.29, 1.82) is 0 Å². The summed E-state index contributed by atoms with van der Waals surface area (Å²) < 4.78 is 5.06. The van der Waals surface area contributed by atoms with Crippen LogP contribution in [0.3, 0.4) is 0 Å². The Kier molecular flexibility index (Phi) is 4.85. The van der Waals surface area contributed by atoms with Gasteiger partial charge in [-0.2, -0.15) is 0 Å². The van der Waals surface area contributed by atoms with E-state index in [2.05, 4.69) is 10.3 Å². The highest BCUT2D eigenvalue weighted by Gasteiger charge is 2.20. The third kappa shape index (κ3) is 3.88. The minimum atomic E-state index is 0. The second-order valence-electron chi connectivity index (χ2n) is 3.60. The van der Waals surface area contributed by atoms with Crippen molar-refractivity contribution in [2.45, 2.75) is 18.9 Å². The summed E-state index contributed by atoms with van der Waals surface area (Å²) in [7, 11) is 1.64. The van der Waals surface area contributed by atoms with E-state index in [-0.39, 0.29) is 24.0 Å². The van der Waals surface area contributed by atoms with Crippen molar-refractivity contribution < 1.29 is 4.74 Å². The van der Waals surface area contributed by atoms with Crippen LogP contribution in [-0.2, 0) is 0 Å². The Hall–Kier alpha value is -0.980. The Morgan fingerprint density at radius 1 is 1.38 bits per heavy atom. The first-order valence-corrected chi connectivity index (χ1v) is 5.02. The van der Waals surface area contributed by atoms with Crippen molar-refractivity contribution in [3.05, 3.63) is 24.3 Å². The van der Waals surface area contributed by atoms with Crippen LogP contribution in [0.5, 0.6) is 5.75 Å². The molecule has 4 nitrogen and oxygen atoms in total. The van der Waals surface area contributed by atoms with Gasteiger partial charge in [-0.05, 0) is 37.1 Å². The molecule has 88 valence electrons. The minimum Gasteiger partial charge on any atom is -0.497 e. The number of hydrogen-bond donors (Lipinski definition) is 2. The predicted molar refractivity (Wildman–Crippen MR) is 76.7 cm³/mol. The van der Waals surface area contributed by atoms with Gasteiger partial charge in [0.1, 0.15) is 5.75 Å². The van der Waals surface area contributed by atoms with Gasteiger partial charge in [-0.1, -0.05) is 0 Å². The summed E-state index contributed by atoms with van der Waals surface area (Å²) in [6.07, 6.45) is 2.32. The van der Waals surface area contributed by atoms with Crippen molar-refractivity contribution in [2.75, 3.05) is 12.4 Å². The fourth-order valence-corrected chi connectivity index (χ4v) is 1.25. The summed E-state index contributed by atoms with van der Waals surface area (Å²) in [6.45, 7) is 0. The molecule has 1 fully saturated rings. The zero-order valence-electron chi connectivity index (χ0n) is 9.14. The lowest BCUT2D eigenvalue weighted by atomic mass is 10.3. The molecule has 0 heterocycles. The number of ether oxygens (including phenoxy) is 1. The lowest BCUT2D eigenvalue weighted by Gasteiger charge is -2.06. The number of halogens is 1. The van der Waals surface area contributed by atoms with E-state index in [1.807, 2.05) is 24.3 Å². The van der Waals surface area contributed by atoms with E-state index >= 15 is 0 Å². The molecule has 1 aliphatic rings. The third-order valence-electron chi connectivity index (χ3n) is 2.23. The van der Waals surface area contributed by atoms with E-state index in [9.17, 15) is 0 Å². The second-order valence-corrected chi connectivity index (χ2v) is 3.60. The van der Waals surface area contributed by atoms with E-state index in [0.29, 0.717) is 12.0 Å². The Balaban J connectivity index is 0.00000128. The van der Waals surface area contributed by atoms with Gasteiger partial charge in [0.05, 0.1) is 13.2 Å². The van der Waals surface area contributed by atoms with Crippen LogP contribution >= 0.6 is 24.0 Å². The van der Waals surface area contributed by atoms with Gasteiger partial charge in [-0.15, -0.1) is 24.0 Å². The monoisotopic (exact) mass is 333 g/mol. The first kappa shape index (κ1) is 13.1. The molecule has 0 radical (unpaired) electrons. The normalized spacial score (nSPS) is 15.2. The first-order chi connectivity index (χ1) is 7.28. The van der Waals surface area contributed by atoms with Gasteiger partial charge >= 0.3 is 0 Å². The van der Waals surface area contributed by atoms with Crippen molar-refractivity contribution >= 4 is 35.6 Å². The number of guanidine groups is 1. The van der Waals surface area contributed by atoms with Crippen LogP contribution in [-0.4, -0.2) is 19.1 Å². The summed E-state index contributed by atoms with van der Waals surface area (Å²) in [4.78, 5) is 4.28. The number of nitrogens with zero attached hydrogens (tertiary/aromatic N) is 1. The number of nitrogens with two attached hydrogens (primary N) is 1. The van der Waals surface area contributed by atoms with Crippen LogP contribution in [0.1, 0.15) is 12.8 Å². The standard InChI is InChI=1S/C11H15N3O.HI/c1-15-10-6-4-9(5-7-10)14-11(12)13-8-2-3-8;/h4-8H,2-3H2,1H3,(H3,12,13,14);1H. The molecule has 0 saturated heterocycles. The third-order valence-corrected chi connectivity index (χ3v) is 2.23. The van der Waals surface area contributed by atoms with Gasteiger partial charge in [0.25, 0.3) is 0 Å². The molecular formula is C11H16IN3O. The van der Waals surface area contributed by atoms with Gasteiger partial charge in [-0.3, -0.25) is 0 Å². The number of rotatable bonds is 3. The Morgan fingerprint density at radius 3 is 2.50 bits per heavy atom. The van der Waals surface area contributed by atoms with Crippen LogP contribution in [0.4, 0.5) is 5.69 Å². The molecule has 3 N–H and O–H groups in total. The Bertz CT molecular complexity index is 360. The highest BCUT2D eigenvalue weighted by atomic mass is 127. The number of nitrogens with one attached hydrogen (secondary N) is 1. The lowest BCUT2D eigenvalue weighted by molar-refractivity contribution is 0.415. The summed E-state index contributed by atoms with van der Waals surface area (Å²) >= 11 is 0. The van der Waals surface area contributed by atoms with Crippen LogP contribution in [0.15, 0.2) is 29.3 Å². The van der Waals surface area contributed by atoms with Crippen LogP contribution in [0, 0.1) is 0 Å². The molecule has 2 rings (SSSR count). The number of anilines is 1.